The molecule has 4 heteroatoms. The molecule has 0 amide bonds. The molecule has 0 heterocycles. The largest absolute Gasteiger partial charge is 0.542 e. The first-order valence-corrected chi connectivity index (χ1v) is 3.40. The molecular formula is C5H6BrO3-. The average Bonchev–Trinajstić information content (AvgIpc) is 1.84. The summed E-state index contributed by atoms with van der Waals surface area (Å²) in [6.45, 7) is 1.71. The Kier molecular flexibility index (Phi) is 3.46. The van der Waals surface area contributed by atoms with Gasteiger partial charge in [-0.25, -0.2) is 0 Å². The van der Waals surface area contributed by atoms with Crippen LogP contribution in [0.15, 0.2) is 0 Å². The van der Waals surface area contributed by atoms with Crippen LogP contribution >= 0.6 is 15.9 Å². The van der Waals surface area contributed by atoms with Crippen LogP contribution in [0.25, 0.3) is 0 Å². The highest BCUT2D eigenvalue weighted by Crippen LogP contribution is 2.04. The number of halogens is 1. The molecule has 0 radical (unpaired) electrons. The van der Waals surface area contributed by atoms with Gasteiger partial charge in [-0.05, 0) is 6.42 Å². The zero-order chi connectivity index (χ0) is 7.44. The molecule has 0 bridgehead atoms. The summed E-state index contributed by atoms with van der Waals surface area (Å²) < 4.78 is 0. The van der Waals surface area contributed by atoms with Crippen LogP contribution < -0.4 is 5.11 Å². The molecule has 0 spiro atoms. The predicted molar refractivity (Wildman–Crippen MR) is 33.0 cm³/mol. The number of rotatable bonds is 3. The topological polar surface area (TPSA) is 57.2 Å². The number of carbonyl (C=O) groups excluding carboxylic acids is 2. The van der Waals surface area contributed by atoms with E-state index in [4.69, 9.17) is 0 Å². The second-order valence-electron chi connectivity index (χ2n) is 1.53. The Balaban J connectivity index is 3.88. The van der Waals surface area contributed by atoms with Gasteiger partial charge in [0.15, 0.2) is 5.78 Å². The molecule has 0 aliphatic carbocycles. The summed E-state index contributed by atoms with van der Waals surface area (Å²) in [7, 11) is 0. The predicted octanol–water partition coefficient (Wildman–Crippen LogP) is -0.521. The lowest BCUT2D eigenvalue weighted by Gasteiger charge is -2.04. The van der Waals surface area contributed by atoms with Crippen LogP contribution in [0.4, 0.5) is 0 Å². The Morgan fingerprint density at radius 3 is 2.22 bits per heavy atom. The van der Waals surface area contributed by atoms with E-state index in [2.05, 4.69) is 15.9 Å². The molecule has 0 aliphatic heterocycles. The summed E-state index contributed by atoms with van der Waals surface area (Å²) in [5.41, 5.74) is 0. The zero-order valence-corrected chi connectivity index (χ0v) is 6.47. The second-order valence-corrected chi connectivity index (χ2v) is 2.63. The standard InChI is InChI=1S/C5H7BrO3/c1-2-3(6)4(7)5(8)9/h3H,2H2,1H3,(H,8,9)/p-1. The summed E-state index contributed by atoms with van der Waals surface area (Å²) >= 11 is 2.87. The molecule has 0 saturated heterocycles. The molecule has 1 atom stereocenters. The quantitative estimate of drug-likeness (QED) is 0.448. The summed E-state index contributed by atoms with van der Waals surface area (Å²) in [5.74, 6) is -2.52. The van der Waals surface area contributed by atoms with Crippen molar-refractivity contribution in [3.8, 4) is 0 Å². The smallest absolute Gasteiger partial charge is 0.191 e. The number of carboxylic acid groups (broad SMARTS) is 1. The fourth-order valence-electron chi connectivity index (χ4n) is 0.313. The van der Waals surface area contributed by atoms with Gasteiger partial charge in [-0.1, -0.05) is 22.9 Å². The minimum atomic E-state index is -1.63. The maximum absolute atomic E-state index is 10.4. The molecule has 52 valence electrons. The van der Waals surface area contributed by atoms with Crippen LogP contribution in [0.3, 0.4) is 0 Å². The van der Waals surface area contributed by atoms with Gasteiger partial charge in [0, 0.05) is 0 Å². The van der Waals surface area contributed by atoms with Gasteiger partial charge in [-0.2, -0.15) is 0 Å². The average molecular weight is 194 g/mol. The van der Waals surface area contributed by atoms with Gasteiger partial charge < -0.3 is 9.90 Å². The highest BCUT2D eigenvalue weighted by molar-refractivity contribution is 9.10. The second kappa shape index (κ2) is 3.61. The van der Waals surface area contributed by atoms with Crippen molar-refractivity contribution in [2.45, 2.75) is 18.2 Å². The summed E-state index contributed by atoms with van der Waals surface area (Å²) in [4.78, 5) is 19.6. The molecule has 0 aromatic carbocycles. The number of carbonyl (C=O) groups is 2. The van der Waals surface area contributed by atoms with Gasteiger partial charge in [0.1, 0.15) is 5.97 Å². The van der Waals surface area contributed by atoms with Crippen LogP contribution in [-0.2, 0) is 9.59 Å². The molecule has 0 aliphatic rings. The van der Waals surface area contributed by atoms with Gasteiger partial charge in [-0.15, -0.1) is 0 Å². The SMILES string of the molecule is CCC(Br)C(=O)C(=O)[O-]. The van der Waals surface area contributed by atoms with E-state index in [1.807, 2.05) is 0 Å². The van der Waals surface area contributed by atoms with Gasteiger partial charge in [-0.3, -0.25) is 4.79 Å². The normalized spacial score (nSPS) is 12.7. The van der Waals surface area contributed by atoms with E-state index in [1.165, 1.54) is 0 Å². The first-order valence-electron chi connectivity index (χ1n) is 2.48. The van der Waals surface area contributed by atoms with Crippen molar-refractivity contribution in [3.63, 3.8) is 0 Å². The molecule has 3 nitrogen and oxygen atoms in total. The number of aliphatic carboxylic acids is 1. The molecule has 0 fully saturated rings. The first kappa shape index (κ1) is 8.62. The summed E-state index contributed by atoms with van der Waals surface area (Å²) in [6, 6.07) is 0. The Bertz CT molecular complexity index is 132. The number of carboxylic acids is 1. The molecule has 9 heavy (non-hydrogen) atoms. The fraction of sp³-hybridized carbons (Fsp3) is 0.600. The van der Waals surface area contributed by atoms with Crippen molar-refractivity contribution in [3.05, 3.63) is 0 Å². The number of Topliss-reactive ketones (excluding diaryl/α,β-unsaturated/α-hetero) is 1. The lowest BCUT2D eigenvalue weighted by atomic mass is 10.2. The third kappa shape index (κ3) is 2.60. The monoisotopic (exact) mass is 193 g/mol. The highest BCUT2D eigenvalue weighted by Gasteiger charge is 2.12. The van der Waals surface area contributed by atoms with E-state index in [1.54, 1.807) is 6.92 Å². The minimum Gasteiger partial charge on any atom is -0.542 e. The Morgan fingerprint density at radius 1 is 1.67 bits per heavy atom. The van der Waals surface area contributed by atoms with E-state index in [0.29, 0.717) is 6.42 Å². The van der Waals surface area contributed by atoms with E-state index >= 15 is 0 Å². The third-order valence-electron chi connectivity index (χ3n) is 0.844. The molecule has 0 aromatic rings. The fourth-order valence-corrected chi connectivity index (χ4v) is 0.500. The van der Waals surface area contributed by atoms with Crippen molar-refractivity contribution < 1.29 is 14.7 Å². The van der Waals surface area contributed by atoms with Crippen molar-refractivity contribution in [1.29, 1.82) is 0 Å². The number of ketones is 1. The van der Waals surface area contributed by atoms with E-state index < -0.39 is 16.6 Å². The molecule has 0 rings (SSSR count). The van der Waals surface area contributed by atoms with Gasteiger partial charge >= 0.3 is 0 Å². The summed E-state index contributed by atoms with van der Waals surface area (Å²) in [5, 5.41) is 9.81. The lowest BCUT2D eigenvalue weighted by Crippen LogP contribution is -2.36. The molecular weight excluding hydrogens is 188 g/mol. The van der Waals surface area contributed by atoms with Crippen molar-refractivity contribution in [2.24, 2.45) is 0 Å². The molecule has 0 N–H and O–H groups in total. The van der Waals surface area contributed by atoms with Crippen LogP contribution in [0.5, 0.6) is 0 Å². The molecule has 0 saturated carbocycles. The summed E-state index contributed by atoms with van der Waals surface area (Å²) in [6.07, 6.45) is 0.465. The minimum absolute atomic E-state index is 0.465. The third-order valence-corrected chi connectivity index (χ3v) is 1.91. The zero-order valence-electron chi connectivity index (χ0n) is 4.89. The Morgan fingerprint density at radius 2 is 2.11 bits per heavy atom. The van der Waals surface area contributed by atoms with Crippen LogP contribution in [-0.4, -0.2) is 16.6 Å². The Hall–Kier alpha value is -0.380. The maximum atomic E-state index is 10.4. The van der Waals surface area contributed by atoms with Crippen molar-refractivity contribution >= 4 is 27.7 Å². The number of alkyl halides is 1. The molecule has 0 aromatic heterocycles. The van der Waals surface area contributed by atoms with Gasteiger partial charge in [0.05, 0.1) is 4.83 Å². The van der Waals surface area contributed by atoms with E-state index in [-0.39, 0.29) is 0 Å². The van der Waals surface area contributed by atoms with Crippen LogP contribution in [0.2, 0.25) is 0 Å². The van der Waals surface area contributed by atoms with E-state index in [0.717, 1.165) is 0 Å². The van der Waals surface area contributed by atoms with Gasteiger partial charge in [0.25, 0.3) is 0 Å². The highest BCUT2D eigenvalue weighted by atomic mass is 79.9. The van der Waals surface area contributed by atoms with Crippen LogP contribution in [0.1, 0.15) is 13.3 Å². The number of hydrogen-bond acceptors (Lipinski definition) is 3. The van der Waals surface area contributed by atoms with Crippen molar-refractivity contribution in [2.75, 3.05) is 0 Å². The molecule has 1 unspecified atom stereocenters. The van der Waals surface area contributed by atoms with Crippen LogP contribution in [0, 0.1) is 0 Å². The first-order chi connectivity index (χ1) is 4.09. The van der Waals surface area contributed by atoms with Crippen molar-refractivity contribution in [1.82, 2.24) is 0 Å². The Labute approximate surface area is 61.2 Å². The lowest BCUT2D eigenvalue weighted by molar-refractivity contribution is -0.299. The number of hydrogen-bond donors (Lipinski definition) is 0. The van der Waals surface area contributed by atoms with Gasteiger partial charge in [0.2, 0.25) is 0 Å². The maximum Gasteiger partial charge on any atom is 0.191 e. The van der Waals surface area contributed by atoms with E-state index in [9.17, 15) is 14.7 Å².